The smallest absolute Gasteiger partial charge is 0.282 e. The Morgan fingerprint density at radius 3 is 1.84 bits per heavy atom. The third-order valence-electron chi connectivity index (χ3n) is 5.39. The first-order valence-corrected chi connectivity index (χ1v) is 11.1. The SMILES string of the molecule is CC(C)CCCC(C)CCCC(C)C(C)c1ccc(S(=O)(=O)O)cc1. The highest BCUT2D eigenvalue weighted by molar-refractivity contribution is 7.85. The van der Waals surface area contributed by atoms with E-state index < -0.39 is 10.1 Å². The zero-order valence-corrected chi connectivity index (χ0v) is 17.3. The van der Waals surface area contributed by atoms with Crippen LogP contribution in [0.4, 0.5) is 0 Å². The molecule has 0 aliphatic carbocycles. The molecule has 1 rings (SSSR count). The molecule has 0 radical (unpaired) electrons. The summed E-state index contributed by atoms with van der Waals surface area (Å²) >= 11 is 0. The van der Waals surface area contributed by atoms with Gasteiger partial charge in [0.15, 0.2) is 0 Å². The van der Waals surface area contributed by atoms with Crippen molar-refractivity contribution in [1.82, 2.24) is 0 Å². The molecule has 0 amide bonds. The average molecular weight is 369 g/mol. The molecule has 0 aliphatic heterocycles. The van der Waals surface area contributed by atoms with Crippen molar-refractivity contribution < 1.29 is 13.0 Å². The molecule has 4 heteroatoms. The summed E-state index contributed by atoms with van der Waals surface area (Å²) in [6, 6.07) is 6.62. The molecule has 0 saturated heterocycles. The van der Waals surface area contributed by atoms with Crippen molar-refractivity contribution in [3.8, 4) is 0 Å². The molecule has 1 aromatic carbocycles. The summed E-state index contributed by atoms with van der Waals surface area (Å²) < 4.78 is 31.3. The van der Waals surface area contributed by atoms with Crippen LogP contribution < -0.4 is 0 Å². The third kappa shape index (κ3) is 8.37. The highest BCUT2D eigenvalue weighted by Crippen LogP contribution is 2.29. The molecule has 25 heavy (non-hydrogen) atoms. The molecule has 0 bridgehead atoms. The van der Waals surface area contributed by atoms with Crippen molar-refractivity contribution in [2.24, 2.45) is 17.8 Å². The lowest BCUT2D eigenvalue weighted by Gasteiger charge is -2.21. The van der Waals surface area contributed by atoms with Gasteiger partial charge in [0.1, 0.15) is 0 Å². The fourth-order valence-electron chi connectivity index (χ4n) is 3.33. The molecule has 0 fully saturated rings. The summed E-state index contributed by atoms with van der Waals surface area (Å²) in [4.78, 5) is -0.0358. The van der Waals surface area contributed by atoms with Crippen LogP contribution in [0.5, 0.6) is 0 Å². The number of benzene rings is 1. The minimum absolute atomic E-state index is 0.0358. The number of hydrogen-bond acceptors (Lipinski definition) is 2. The second kappa shape index (κ2) is 10.3. The van der Waals surface area contributed by atoms with Gasteiger partial charge in [0, 0.05) is 0 Å². The number of rotatable bonds is 11. The zero-order valence-electron chi connectivity index (χ0n) is 16.5. The van der Waals surface area contributed by atoms with Gasteiger partial charge >= 0.3 is 0 Å². The summed E-state index contributed by atoms with van der Waals surface area (Å²) in [6.07, 6.45) is 7.73. The van der Waals surface area contributed by atoms with Gasteiger partial charge in [0.2, 0.25) is 0 Å². The molecule has 0 spiro atoms. The Bertz CT molecular complexity index is 590. The molecule has 3 nitrogen and oxygen atoms in total. The molecule has 0 aliphatic rings. The van der Waals surface area contributed by atoms with Crippen molar-refractivity contribution in [2.75, 3.05) is 0 Å². The summed E-state index contributed by atoms with van der Waals surface area (Å²) in [5, 5.41) is 0. The van der Waals surface area contributed by atoms with Crippen LogP contribution in [0.1, 0.15) is 84.6 Å². The first-order chi connectivity index (χ1) is 11.6. The minimum atomic E-state index is -4.10. The summed E-state index contributed by atoms with van der Waals surface area (Å²) in [6.45, 7) is 11.4. The molecular formula is C21H36O3S. The van der Waals surface area contributed by atoms with E-state index in [1.165, 1.54) is 50.7 Å². The van der Waals surface area contributed by atoms with E-state index in [1.807, 2.05) is 12.1 Å². The Balaban J connectivity index is 2.40. The van der Waals surface area contributed by atoms with E-state index in [0.29, 0.717) is 11.8 Å². The van der Waals surface area contributed by atoms with Crippen LogP contribution in [-0.4, -0.2) is 13.0 Å². The van der Waals surface area contributed by atoms with E-state index in [2.05, 4.69) is 34.6 Å². The van der Waals surface area contributed by atoms with Crippen LogP contribution in [0.2, 0.25) is 0 Å². The van der Waals surface area contributed by atoms with Crippen LogP contribution in [0.3, 0.4) is 0 Å². The highest BCUT2D eigenvalue weighted by atomic mass is 32.2. The Labute approximate surface area is 155 Å². The second-order valence-corrected chi connectivity index (χ2v) is 9.59. The summed E-state index contributed by atoms with van der Waals surface area (Å²) in [7, 11) is -4.10. The normalized spacial score (nSPS) is 16.0. The van der Waals surface area contributed by atoms with E-state index in [9.17, 15) is 8.42 Å². The minimum Gasteiger partial charge on any atom is -0.282 e. The van der Waals surface area contributed by atoms with Crippen molar-refractivity contribution in [2.45, 2.75) is 84.0 Å². The average Bonchev–Trinajstić information content (AvgIpc) is 2.53. The van der Waals surface area contributed by atoms with Crippen molar-refractivity contribution >= 4 is 10.1 Å². The molecule has 3 unspecified atom stereocenters. The third-order valence-corrected chi connectivity index (χ3v) is 6.26. The van der Waals surface area contributed by atoms with Crippen molar-refractivity contribution in [3.05, 3.63) is 29.8 Å². The second-order valence-electron chi connectivity index (χ2n) is 8.17. The van der Waals surface area contributed by atoms with E-state index >= 15 is 0 Å². The van der Waals surface area contributed by atoms with Crippen LogP contribution >= 0.6 is 0 Å². The van der Waals surface area contributed by atoms with E-state index in [-0.39, 0.29) is 4.90 Å². The lowest BCUT2D eigenvalue weighted by molar-refractivity contribution is 0.380. The van der Waals surface area contributed by atoms with Gasteiger partial charge in [-0.25, -0.2) is 0 Å². The Morgan fingerprint density at radius 1 is 0.840 bits per heavy atom. The standard InChI is InChI=1S/C21H36O3S/c1-16(2)8-6-9-17(3)10-7-11-18(4)19(5)20-12-14-21(15-13-20)25(22,23)24/h12-19H,6-11H2,1-5H3,(H,22,23,24). The fourth-order valence-corrected chi connectivity index (χ4v) is 3.81. The first-order valence-electron chi connectivity index (χ1n) is 9.68. The van der Waals surface area contributed by atoms with Crippen LogP contribution in [0.25, 0.3) is 0 Å². The Kier molecular flexibility index (Phi) is 9.15. The van der Waals surface area contributed by atoms with Gasteiger partial charge < -0.3 is 0 Å². The maximum absolute atomic E-state index is 11.1. The van der Waals surface area contributed by atoms with Crippen molar-refractivity contribution in [1.29, 1.82) is 0 Å². The molecule has 144 valence electrons. The monoisotopic (exact) mass is 368 g/mol. The molecular weight excluding hydrogens is 332 g/mol. The fraction of sp³-hybridized carbons (Fsp3) is 0.714. The van der Waals surface area contributed by atoms with Gasteiger partial charge in [0.25, 0.3) is 10.1 Å². The highest BCUT2D eigenvalue weighted by Gasteiger charge is 2.16. The van der Waals surface area contributed by atoms with Crippen LogP contribution in [-0.2, 0) is 10.1 Å². The molecule has 0 aromatic heterocycles. The van der Waals surface area contributed by atoms with Gasteiger partial charge in [-0.15, -0.1) is 0 Å². The number of hydrogen-bond donors (Lipinski definition) is 1. The molecule has 0 saturated carbocycles. The Morgan fingerprint density at radius 2 is 1.36 bits per heavy atom. The van der Waals surface area contributed by atoms with Crippen LogP contribution in [0, 0.1) is 17.8 Å². The topological polar surface area (TPSA) is 54.4 Å². The maximum atomic E-state index is 11.1. The molecule has 0 heterocycles. The van der Waals surface area contributed by atoms with Gasteiger partial charge in [-0.2, -0.15) is 8.42 Å². The lowest BCUT2D eigenvalue weighted by atomic mass is 9.84. The first kappa shape index (κ1) is 22.2. The Hall–Kier alpha value is -0.870. The molecule has 1 N–H and O–H groups in total. The predicted molar refractivity (Wildman–Crippen MR) is 106 cm³/mol. The lowest BCUT2D eigenvalue weighted by Crippen LogP contribution is -2.08. The quantitative estimate of drug-likeness (QED) is 0.466. The van der Waals surface area contributed by atoms with E-state index in [0.717, 1.165) is 17.4 Å². The van der Waals surface area contributed by atoms with E-state index in [4.69, 9.17) is 4.55 Å². The van der Waals surface area contributed by atoms with Crippen molar-refractivity contribution in [3.63, 3.8) is 0 Å². The van der Waals surface area contributed by atoms with Gasteiger partial charge in [-0.05, 0) is 41.4 Å². The van der Waals surface area contributed by atoms with Gasteiger partial charge in [-0.3, -0.25) is 4.55 Å². The summed E-state index contributed by atoms with van der Waals surface area (Å²) in [5.41, 5.74) is 1.13. The van der Waals surface area contributed by atoms with Crippen LogP contribution in [0.15, 0.2) is 29.2 Å². The van der Waals surface area contributed by atoms with Gasteiger partial charge in [0.05, 0.1) is 4.90 Å². The largest absolute Gasteiger partial charge is 0.294 e. The molecule has 3 atom stereocenters. The maximum Gasteiger partial charge on any atom is 0.294 e. The molecule has 1 aromatic rings. The predicted octanol–water partition coefficient (Wildman–Crippen LogP) is 6.31. The van der Waals surface area contributed by atoms with Gasteiger partial charge in [-0.1, -0.05) is 85.3 Å². The summed E-state index contributed by atoms with van der Waals surface area (Å²) in [5.74, 6) is 2.54. The van der Waals surface area contributed by atoms with E-state index in [1.54, 1.807) is 0 Å². The zero-order chi connectivity index (χ0) is 19.0.